The Labute approximate surface area is 601 Å². The number of aryl methyl sites for hydroxylation is 8. The number of aromatic nitrogens is 18. The largest absolute Gasteiger partial charge is 0.495 e. The molecule has 3 fully saturated rings. The van der Waals surface area contributed by atoms with Gasteiger partial charge in [-0.15, -0.1) is 0 Å². The quantitative estimate of drug-likeness (QED) is 0.0679. The van der Waals surface area contributed by atoms with Crippen molar-refractivity contribution in [3.05, 3.63) is 243 Å². The van der Waals surface area contributed by atoms with Gasteiger partial charge in [0.1, 0.15) is 23.2 Å². The summed E-state index contributed by atoms with van der Waals surface area (Å²) in [7, 11) is 1.67. The molecule has 12 aromatic rings. The van der Waals surface area contributed by atoms with Crippen molar-refractivity contribution in [2.24, 2.45) is 0 Å². The van der Waals surface area contributed by atoms with Gasteiger partial charge in [-0.3, -0.25) is 44.9 Å². The van der Waals surface area contributed by atoms with E-state index < -0.39 is 0 Å². The Morgan fingerprint density at radius 3 is 1.10 bits per heavy atom. The third-order valence-electron chi connectivity index (χ3n) is 18.5. The highest BCUT2D eigenvalue weighted by molar-refractivity contribution is 5.59. The molecule has 3 aliphatic rings. The molecule has 25 heteroatoms. The maximum atomic E-state index is 5.29. The molecule has 25 nitrogen and oxygen atoms in total. The minimum atomic E-state index is 0.669. The summed E-state index contributed by atoms with van der Waals surface area (Å²) in [6, 6.07) is 31.0. The van der Waals surface area contributed by atoms with E-state index >= 15 is 0 Å². The van der Waals surface area contributed by atoms with Crippen molar-refractivity contribution in [2.45, 2.75) is 94.3 Å². The van der Waals surface area contributed by atoms with Crippen LogP contribution in [0.4, 0.5) is 17.5 Å². The number of nitrogens with one attached hydrogen (secondary N) is 3. The molecule has 15 rings (SSSR count). The second-order valence-electron chi connectivity index (χ2n) is 27.0. The van der Waals surface area contributed by atoms with Gasteiger partial charge >= 0.3 is 0 Å². The lowest BCUT2D eigenvalue weighted by Crippen LogP contribution is -2.46. The van der Waals surface area contributed by atoms with Gasteiger partial charge in [0.05, 0.1) is 47.5 Å². The zero-order chi connectivity index (χ0) is 71.2. The summed E-state index contributed by atoms with van der Waals surface area (Å²) in [6.45, 7) is 30.7. The van der Waals surface area contributed by atoms with Crippen molar-refractivity contribution in [3.63, 3.8) is 0 Å². The highest BCUT2D eigenvalue weighted by atomic mass is 16.5. The SMILES string of the molecule is COc1cncc(CN2CCN(c3ccc(-c4nc(C)cc(Cc5cc(C)[nH]n5)n4)cn3)CC2)c1.Cc1cc(Cc2cc(C)[nH]n2)nc(-c2ccc(N3CCN(Cc4cnccc4C)CC3)nc2)n1.Cc1cncc(CN2CCN(c3ccc(-c4nc(C)cc(Cc5cc(C)[nH]n5)n4)cn3)CC2)c1. The van der Waals surface area contributed by atoms with Crippen LogP contribution in [0.1, 0.15) is 96.1 Å². The molecule has 0 amide bonds. The Morgan fingerprint density at radius 2 is 0.748 bits per heavy atom. The van der Waals surface area contributed by atoms with Crippen LogP contribution in [0.3, 0.4) is 0 Å². The normalized spacial score (nSPS) is 14.4. The Balaban J connectivity index is 0.000000138. The van der Waals surface area contributed by atoms with E-state index in [0.29, 0.717) is 36.7 Å². The molecule has 15 heterocycles. The lowest BCUT2D eigenvalue weighted by Gasteiger charge is -2.35. The van der Waals surface area contributed by atoms with Gasteiger partial charge in [-0.25, -0.2) is 44.9 Å². The first-order valence-corrected chi connectivity index (χ1v) is 35.3. The number of hydrogen-bond acceptors (Lipinski definition) is 22. The van der Waals surface area contributed by atoms with Crippen LogP contribution in [0, 0.1) is 55.4 Å². The molecule has 0 aromatic carbocycles. The van der Waals surface area contributed by atoms with Crippen LogP contribution >= 0.6 is 0 Å². The number of ether oxygens (including phenoxy) is 1. The maximum absolute atomic E-state index is 5.29. The molecule has 0 aliphatic carbocycles. The van der Waals surface area contributed by atoms with Gasteiger partial charge < -0.3 is 19.4 Å². The number of nitrogens with zero attached hydrogens (tertiary/aromatic N) is 21. The van der Waals surface area contributed by atoms with Crippen molar-refractivity contribution >= 4 is 17.5 Å². The molecule has 0 unspecified atom stereocenters. The van der Waals surface area contributed by atoms with Crippen molar-refractivity contribution in [3.8, 4) is 39.9 Å². The summed E-state index contributed by atoms with van der Waals surface area (Å²) in [6.07, 6.45) is 19.0. The Morgan fingerprint density at radius 1 is 0.359 bits per heavy atom. The monoisotopic (exact) mass is 1380 g/mol. The molecule has 103 heavy (non-hydrogen) atoms. The minimum Gasteiger partial charge on any atom is -0.495 e. The van der Waals surface area contributed by atoms with E-state index in [2.05, 4.69) is 152 Å². The van der Waals surface area contributed by atoms with E-state index in [4.69, 9.17) is 34.6 Å². The van der Waals surface area contributed by atoms with Gasteiger partial charge in [0.25, 0.3) is 0 Å². The van der Waals surface area contributed by atoms with E-state index in [1.807, 2.05) is 134 Å². The molecule has 528 valence electrons. The molecule has 12 aromatic heterocycles. The number of aromatic amines is 3. The molecular formula is C78H90N24O. The Kier molecular flexibility index (Phi) is 22.6. The van der Waals surface area contributed by atoms with Gasteiger partial charge in [0, 0.05) is 218 Å². The lowest BCUT2D eigenvalue weighted by molar-refractivity contribution is 0.248. The van der Waals surface area contributed by atoms with E-state index in [0.717, 1.165) is 206 Å². The van der Waals surface area contributed by atoms with Gasteiger partial charge in [-0.2, -0.15) is 15.3 Å². The molecule has 3 aliphatic heterocycles. The van der Waals surface area contributed by atoms with Gasteiger partial charge in [0.2, 0.25) is 0 Å². The number of methoxy groups -OCH3 is 1. The summed E-state index contributed by atoms with van der Waals surface area (Å²) >= 11 is 0. The van der Waals surface area contributed by atoms with Crippen molar-refractivity contribution in [2.75, 3.05) is 100 Å². The van der Waals surface area contributed by atoms with Crippen LogP contribution in [-0.2, 0) is 38.9 Å². The average molecular weight is 1380 g/mol. The second kappa shape index (κ2) is 33.1. The maximum Gasteiger partial charge on any atom is 0.161 e. The van der Waals surface area contributed by atoms with Crippen LogP contribution in [0.25, 0.3) is 34.2 Å². The van der Waals surface area contributed by atoms with Crippen LogP contribution in [0.15, 0.2) is 147 Å². The molecule has 0 atom stereocenters. The lowest BCUT2D eigenvalue weighted by atomic mass is 10.1. The zero-order valence-electron chi connectivity index (χ0n) is 60.4. The fourth-order valence-electron chi connectivity index (χ4n) is 13.1. The highest BCUT2D eigenvalue weighted by Gasteiger charge is 2.23. The minimum absolute atomic E-state index is 0.669. The van der Waals surface area contributed by atoms with Gasteiger partial charge in [-0.1, -0.05) is 6.07 Å². The number of hydrogen-bond donors (Lipinski definition) is 3. The van der Waals surface area contributed by atoms with E-state index in [1.165, 1.54) is 27.8 Å². The number of piperazine rings is 3. The zero-order valence-corrected chi connectivity index (χ0v) is 60.4. The molecule has 0 spiro atoms. The molecule has 3 N–H and O–H groups in total. The summed E-state index contributed by atoms with van der Waals surface area (Å²) in [5.41, 5.74) is 20.8. The van der Waals surface area contributed by atoms with Crippen molar-refractivity contribution < 1.29 is 4.74 Å². The summed E-state index contributed by atoms with van der Waals surface area (Å²) < 4.78 is 5.29. The van der Waals surface area contributed by atoms with Crippen LogP contribution in [0.5, 0.6) is 5.75 Å². The van der Waals surface area contributed by atoms with Gasteiger partial charge in [-0.05, 0) is 168 Å². The first-order chi connectivity index (χ1) is 50.1. The Bertz CT molecular complexity index is 4740. The third-order valence-corrected chi connectivity index (χ3v) is 18.5. The highest BCUT2D eigenvalue weighted by Crippen LogP contribution is 2.26. The predicted octanol–water partition coefficient (Wildman–Crippen LogP) is 10.2. The topological polar surface area (TPSA) is 269 Å². The van der Waals surface area contributed by atoms with E-state index in [9.17, 15) is 0 Å². The number of pyridine rings is 6. The summed E-state index contributed by atoms with van der Waals surface area (Å²) in [4.78, 5) is 69.8. The van der Waals surface area contributed by atoms with Crippen LogP contribution < -0.4 is 19.4 Å². The summed E-state index contributed by atoms with van der Waals surface area (Å²) in [5, 5.41) is 22.0. The van der Waals surface area contributed by atoms with E-state index in [-0.39, 0.29) is 0 Å². The summed E-state index contributed by atoms with van der Waals surface area (Å²) in [5.74, 6) is 5.89. The number of H-pyrrole nitrogens is 3. The molecular weight excluding hydrogens is 1290 g/mol. The standard InChI is InChI=1S/C26H30N8O.2C26H30N8/c1-18-10-22(13-23-11-19(2)31-32-23)30-26(29-18)21-4-5-25(28-15-21)34-8-6-33(7-9-34)17-20-12-24(35-3)16-27-14-20;1-18-10-21(15-27-14-18)17-33-6-8-34(9-7-33)25-5-4-22(16-28-25)26-29-19(2)11-23(30-26)13-24-12-20(3)31-32-24;1-18-6-7-27-15-22(18)17-33-8-10-34(11-9-33)25-5-4-21(16-28-25)26-29-19(2)12-23(30-26)14-24-13-20(3)31-32-24/h4-5,10-12,14-16H,6-9,13,17H2,1-3H3,(H,31,32);4-5,10-12,14-16H,6-9,13,17H2,1-3H3,(H,31,32);4-7,12-13,15-16H,8-11,14,17H2,1-3H3,(H,31,32). The predicted molar refractivity (Wildman–Crippen MR) is 400 cm³/mol. The first kappa shape index (κ1) is 70.3. The van der Waals surface area contributed by atoms with Gasteiger partial charge in [0.15, 0.2) is 17.5 Å². The van der Waals surface area contributed by atoms with E-state index in [1.54, 1.807) is 13.3 Å². The Hall–Kier alpha value is -11.2. The van der Waals surface area contributed by atoms with Crippen LogP contribution in [0.2, 0.25) is 0 Å². The fraction of sp³-hybridized carbons (Fsp3) is 0.346. The van der Waals surface area contributed by atoms with Crippen molar-refractivity contribution in [1.29, 1.82) is 0 Å². The average Bonchev–Trinajstić information content (AvgIpc) is 1.18. The molecule has 0 bridgehead atoms. The molecule has 0 saturated carbocycles. The molecule has 0 radical (unpaired) electrons. The number of anilines is 3. The van der Waals surface area contributed by atoms with Crippen molar-refractivity contribution in [1.82, 2.24) is 105 Å². The number of rotatable bonds is 19. The van der Waals surface area contributed by atoms with Crippen LogP contribution in [-0.4, -0.2) is 191 Å². The fourth-order valence-corrected chi connectivity index (χ4v) is 13.1. The first-order valence-electron chi connectivity index (χ1n) is 35.3. The third kappa shape index (κ3) is 19.3. The molecule has 3 saturated heterocycles. The smallest absolute Gasteiger partial charge is 0.161 e. The second-order valence-corrected chi connectivity index (χ2v) is 27.0.